The van der Waals surface area contributed by atoms with Crippen LogP contribution in [-0.2, 0) is 6.54 Å². The van der Waals surface area contributed by atoms with Crippen LogP contribution in [0.15, 0.2) is 18.3 Å². The van der Waals surface area contributed by atoms with E-state index in [-0.39, 0.29) is 18.6 Å². The van der Waals surface area contributed by atoms with Crippen molar-refractivity contribution in [1.29, 1.82) is 0 Å². The Hall–Kier alpha value is -1.13. The normalized spacial score (nSPS) is 14.5. The van der Waals surface area contributed by atoms with E-state index in [2.05, 4.69) is 17.2 Å². The van der Waals surface area contributed by atoms with Crippen molar-refractivity contribution in [3.63, 3.8) is 0 Å². The summed E-state index contributed by atoms with van der Waals surface area (Å²) in [6, 6.07) is 4.13. The maximum Gasteiger partial charge on any atom is 0.217 e. The minimum absolute atomic E-state index is 0.193. The third-order valence-electron chi connectivity index (χ3n) is 2.80. The molecule has 1 heterocycles. The Morgan fingerprint density at radius 3 is 2.88 bits per heavy atom. The predicted octanol–water partition coefficient (Wildman–Crippen LogP) is 1.20. The first-order valence-electron chi connectivity index (χ1n) is 5.51. The van der Waals surface area contributed by atoms with E-state index in [1.807, 2.05) is 19.1 Å². The van der Waals surface area contributed by atoms with Gasteiger partial charge in [0.1, 0.15) is 0 Å². The quantitative estimate of drug-likeness (QED) is 0.762. The average molecular weight is 224 g/mol. The van der Waals surface area contributed by atoms with Gasteiger partial charge in [-0.05, 0) is 18.9 Å². The Balaban J connectivity index is 2.54. The molecule has 1 rings (SSSR count). The fourth-order valence-electron chi connectivity index (χ4n) is 1.37. The molecule has 1 aromatic rings. The smallest absolute Gasteiger partial charge is 0.217 e. The third-order valence-corrected chi connectivity index (χ3v) is 2.80. The predicted molar refractivity (Wildman–Crippen MR) is 63.3 cm³/mol. The summed E-state index contributed by atoms with van der Waals surface area (Å²) in [5, 5.41) is 12.4. The first kappa shape index (κ1) is 12.9. The summed E-state index contributed by atoms with van der Waals surface area (Å²) in [6.07, 6.45) is 1.71. The van der Waals surface area contributed by atoms with Crippen LogP contribution in [0.3, 0.4) is 0 Å². The third kappa shape index (κ3) is 3.47. The Kier molecular flexibility index (Phi) is 5.22. The fourth-order valence-corrected chi connectivity index (χ4v) is 1.37. The SMILES string of the molecule is COc1ncccc1CNC(C)C(C)CO. The standard InChI is InChI=1S/C12H20N2O2/c1-9(8-15)10(2)14-7-11-5-4-6-13-12(11)16-3/h4-6,9-10,14-15H,7-8H2,1-3H3. The van der Waals surface area contributed by atoms with E-state index in [9.17, 15) is 0 Å². The summed E-state index contributed by atoms with van der Waals surface area (Å²) in [7, 11) is 1.62. The molecule has 2 atom stereocenters. The highest BCUT2D eigenvalue weighted by Gasteiger charge is 2.11. The van der Waals surface area contributed by atoms with E-state index in [0.29, 0.717) is 12.4 Å². The van der Waals surface area contributed by atoms with Gasteiger partial charge in [-0.2, -0.15) is 0 Å². The molecule has 0 aliphatic carbocycles. The molecule has 0 saturated carbocycles. The molecule has 0 aliphatic heterocycles. The Morgan fingerprint density at radius 2 is 2.25 bits per heavy atom. The van der Waals surface area contributed by atoms with Gasteiger partial charge in [-0.1, -0.05) is 13.0 Å². The maximum atomic E-state index is 9.03. The number of nitrogens with one attached hydrogen (secondary N) is 1. The second-order valence-electron chi connectivity index (χ2n) is 4.00. The zero-order chi connectivity index (χ0) is 12.0. The fraction of sp³-hybridized carbons (Fsp3) is 0.583. The van der Waals surface area contributed by atoms with Gasteiger partial charge in [0.15, 0.2) is 0 Å². The van der Waals surface area contributed by atoms with Crippen molar-refractivity contribution in [1.82, 2.24) is 10.3 Å². The summed E-state index contributed by atoms with van der Waals surface area (Å²) in [6.45, 7) is 4.96. The van der Waals surface area contributed by atoms with Gasteiger partial charge in [0.25, 0.3) is 0 Å². The highest BCUT2D eigenvalue weighted by atomic mass is 16.5. The molecular formula is C12H20N2O2. The van der Waals surface area contributed by atoms with Crippen LogP contribution in [0.4, 0.5) is 0 Å². The Bertz CT molecular complexity index is 318. The van der Waals surface area contributed by atoms with Gasteiger partial charge >= 0.3 is 0 Å². The van der Waals surface area contributed by atoms with Crippen molar-refractivity contribution in [2.75, 3.05) is 13.7 Å². The van der Waals surface area contributed by atoms with Gasteiger partial charge in [-0.3, -0.25) is 0 Å². The van der Waals surface area contributed by atoms with Crippen molar-refractivity contribution in [2.45, 2.75) is 26.4 Å². The number of hydrogen-bond acceptors (Lipinski definition) is 4. The van der Waals surface area contributed by atoms with E-state index in [1.165, 1.54) is 0 Å². The molecule has 0 radical (unpaired) electrons. The molecule has 16 heavy (non-hydrogen) atoms. The lowest BCUT2D eigenvalue weighted by Gasteiger charge is -2.19. The van der Waals surface area contributed by atoms with Gasteiger partial charge in [-0.25, -0.2) is 4.98 Å². The largest absolute Gasteiger partial charge is 0.481 e. The van der Waals surface area contributed by atoms with Crippen molar-refractivity contribution < 1.29 is 9.84 Å². The second-order valence-corrected chi connectivity index (χ2v) is 4.00. The molecular weight excluding hydrogens is 204 g/mol. The van der Waals surface area contributed by atoms with Crippen LogP contribution in [0.25, 0.3) is 0 Å². The number of aromatic nitrogens is 1. The van der Waals surface area contributed by atoms with Crippen LogP contribution in [0, 0.1) is 5.92 Å². The molecule has 90 valence electrons. The number of nitrogens with zero attached hydrogens (tertiary/aromatic N) is 1. The molecule has 0 fully saturated rings. The first-order valence-corrected chi connectivity index (χ1v) is 5.51. The van der Waals surface area contributed by atoms with Gasteiger partial charge in [0, 0.05) is 31.0 Å². The lowest BCUT2D eigenvalue weighted by atomic mass is 10.1. The van der Waals surface area contributed by atoms with Crippen LogP contribution in [0.5, 0.6) is 5.88 Å². The van der Waals surface area contributed by atoms with Crippen LogP contribution in [0.2, 0.25) is 0 Å². The molecule has 0 saturated heterocycles. The van der Waals surface area contributed by atoms with E-state index in [0.717, 1.165) is 5.56 Å². The number of aliphatic hydroxyl groups excluding tert-OH is 1. The van der Waals surface area contributed by atoms with Crippen LogP contribution in [-0.4, -0.2) is 29.8 Å². The summed E-state index contributed by atoms with van der Waals surface area (Å²) in [5.74, 6) is 0.890. The monoisotopic (exact) mass is 224 g/mol. The second kappa shape index (κ2) is 6.45. The van der Waals surface area contributed by atoms with Crippen LogP contribution in [0.1, 0.15) is 19.4 Å². The lowest BCUT2D eigenvalue weighted by molar-refractivity contribution is 0.206. The molecule has 0 amide bonds. The highest BCUT2D eigenvalue weighted by Crippen LogP contribution is 2.13. The molecule has 0 aromatic carbocycles. The van der Waals surface area contributed by atoms with Gasteiger partial charge < -0.3 is 15.2 Å². The number of methoxy groups -OCH3 is 1. The maximum absolute atomic E-state index is 9.03. The van der Waals surface area contributed by atoms with E-state index in [4.69, 9.17) is 9.84 Å². The Labute approximate surface area is 96.7 Å². The average Bonchev–Trinajstić information content (AvgIpc) is 2.35. The summed E-state index contributed by atoms with van der Waals surface area (Å²) in [5.41, 5.74) is 1.03. The summed E-state index contributed by atoms with van der Waals surface area (Å²) < 4.78 is 5.16. The van der Waals surface area contributed by atoms with Crippen molar-refractivity contribution in [3.05, 3.63) is 23.9 Å². The lowest BCUT2D eigenvalue weighted by Crippen LogP contribution is -2.33. The molecule has 0 bridgehead atoms. The topological polar surface area (TPSA) is 54.4 Å². The van der Waals surface area contributed by atoms with Crippen LogP contribution < -0.4 is 10.1 Å². The van der Waals surface area contributed by atoms with Gasteiger partial charge in [-0.15, -0.1) is 0 Å². The van der Waals surface area contributed by atoms with Gasteiger partial charge in [0.2, 0.25) is 5.88 Å². The number of pyridine rings is 1. The minimum atomic E-state index is 0.193. The molecule has 0 aliphatic rings. The van der Waals surface area contributed by atoms with Crippen LogP contribution >= 0.6 is 0 Å². The van der Waals surface area contributed by atoms with E-state index >= 15 is 0 Å². The molecule has 4 nitrogen and oxygen atoms in total. The first-order chi connectivity index (χ1) is 7.69. The molecule has 4 heteroatoms. The van der Waals surface area contributed by atoms with Gasteiger partial charge in [0.05, 0.1) is 7.11 Å². The number of aliphatic hydroxyl groups is 1. The van der Waals surface area contributed by atoms with Crippen molar-refractivity contribution in [2.24, 2.45) is 5.92 Å². The van der Waals surface area contributed by atoms with E-state index < -0.39 is 0 Å². The summed E-state index contributed by atoms with van der Waals surface area (Å²) in [4.78, 5) is 4.13. The number of ether oxygens (including phenoxy) is 1. The minimum Gasteiger partial charge on any atom is -0.481 e. The number of rotatable bonds is 6. The Morgan fingerprint density at radius 1 is 1.50 bits per heavy atom. The molecule has 0 spiro atoms. The summed E-state index contributed by atoms with van der Waals surface area (Å²) >= 11 is 0. The molecule has 2 unspecified atom stereocenters. The van der Waals surface area contributed by atoms with Crippen molar-refractivity contribution >= 4 is 0 Å². The highest BCUT2D eigenvalue weighted by molar-refractivity contribution is 5.25. The number of hydrogen-bond donors (Lipinski definition) is 2. The van der Waals surface area contributed by atoms with E-state index in [1.54, 1.807) is 13.3 Å². The zero-order valence-electron chi connectivity index (χ0n) is 10.1. The molecule has 1 aromatic heterocycles. The van der Waals surface area contributed by atoms with Crippen molar-refractivity contribution in [3.8, 4) is 5.88 Å². The zero-order valence-corrected chi connectivity index (χ0v) is 10.1. The molecule has 2 N–H and O–H groups in total.